The Kier molecular flexibility index (Phi) is 5.55. The zero-order valence-corrected chi connectivity index (χ0v) is 11.0. The van der Waals surface area contributed by atoms with Crippen molar-refractivity contribution in [2.24, 2.45) is 0 Å². The average molecular weight is 278 g/mol. The molecule has 0 heterocycles. The van der Waals surface area contributed by atoms with Gasteiger partial charge in [0.2, 0.25) is 0 Å². The minimum atomic E-state index is -0.562. The van der Waals surface area contributed by atoms with E-state index in [4.69, 9.17) is 32.7 Å². The quantitative estimate of drug-likeness (QED) is 0.915. The van der Waals surface area contributed by atoms with Crippen molar-refractivity contribution in [1.82, 2.24) is 0 Å². The normalized spacial score (nSPS) is 12.0. The Morgan fingerprint density at radius 1 is 1.41 bits per heavy atom. The van der Waals surface area contributed by atoms with Crippen molar-refractivity contribution in [3.63, 3.8) is 0 Å². The van der Waals surface area contributed by atoms with Crippen LogP contribution in [0.15, 0.2) is 18.2 Å². The number of amides is 1. The number of hydrogen-bond donors (Lipinski definition) is 1. The first kappa shape index (κ1) is 14.1. The molecule has 0 unspecified atom stereocenters. The number of methoxy groups -OCH3 is 1. The summed E-state index contributed by atoms with van der Waals surface area (Å²) in [6, 6.07) is 4.78. The van der Waals surface area contributed by atoms with Crippen LogP contribution in [0, 0.1) is 0 Å². The molecule has 0 aromatic heterocycles. The Morgan fingerprint density at radius 3 is 2.71 bits per heavy atom. The van der Waals surface area contributed by atoms with Crippen LogP contribution in [0.4, 0.5) is 10.5 Å². The van der Waals surface area contributed by atoms with Gasteiger partial charge in [-0.05, 0) is 25.1 Å². The summed E-state index contributed by atoms with van der Waals surface area (Å²) in [5, 5.41) is 3.34. The zero-order chi connectivity index (χ0) is 12.8. The largest absolute Gasteiger partial charge is 0.444 e. The lowest BCUT2D eigenvalue weighted by atomic mass is 10.3. The Balaban J connectivity index is 2.53. The predicted molar refractivity (Wildman–Crippen MR) is 67.9 cm³/mol. The Morgan fingerprint density at radius 2 is 2.12 bits per heavy atom. The molecule has 0 fully saturated rings. The van der Waals surface area contributed by atoms with E-state index >= 15 is 0 Å². The van der Waals surface area contributed by atoms with Crippen LogP contribution < -0.4 is 5.32 Å². The number of anilines is 1. The molecule has 1 amide bonds. The van der Waals surface area contributed by atoms with Gasteiger partial charge in [-0.2, -0.15) is 0 Å². The minimum absolute atomic E-state index is 0.317. The summed E-state index contributed by atoms with van der Waals surface area (Å²) in [5.74, 6) is 0. The van der Waals surface area contributed by atoms with E-state index in [0.717, 1.165) is 0 Å². The van der Waals surface area contributed by atoms with E-state index < -0.39 is 6.09 Å². The molecule has 0 spiro atoms. The van der Waals surface area contributed by atoms with Crippen LogP contribution in [0.5, 0.6) is 0 Å². The van der Waals surface area contributed by atoms with Crippen molar-refractivity contribution < 1.29 is 14.3 Å². The van der Waals surface area contributed by atoms with Crippen molar-refractivity contribution >= 4 is 35.0 Å². The zero-order valence-electron chi connectivity index (χ0n) is 9.50. The van der Waals surface area contributed by atoms with Gasteiger partial charge in [0.15, 0.2) is 0 Å². The van der Waals surface area contributed by atoms with Crippen molar-refractivity contribution in [1.29, 1.82) is 0 Å². The lowest BCUT2D eigenvalue weighted by Gasteiger charge is -2.13. The molecule has 0 aliphatic heterocycles. The topological polar surface area (TPSA) is 47.6 Å². The Bertz CT molecular complexity index is 398. The smallest absolute Gasteiger partial charge is 0.411 e. The summed E-state index contributed by atoms with van der Waals surface area (Å²) in [5.41, 5.74) is 0.522. The molecule has 0 radical (unpaired) electrons. The monoisotopic (exact) mass is 277 g/mol. The standard InChI is InChI=1S/C11H13Cl2NO3/c1-7(6-16-2)17-11(15)14-8-3-4-9(12)10(13)5-8/h3-5,7H,6H2,1-2H3,(H,14,15)/t7-/m1/s1. The van der Waals surface area contributed by atoms with E-state index in [1.54, 1.807) is 25.1 Å². The molecular formula is C11H13Cl2NO3. The first-order valence-corrected chi connectivity index (χ1v) is 5.70. The highest BCUT2D eigenvalue weighted by Crippen LogP contribution is 2.25. The molecule has 1 aromatic rings. The first-order valence-electron chi connectivity index (χ1n) is 4.94. The number of nitrogens with one attached hydrogen (secondary N) is 1. The van der Waals surface area contributed by atoms with E-state index in [1.807, 2.05) is 0 Å². The van der Waals surface area contributed by atoms with Crippen LogP contribution >= 0.6 is 23.2 Å². The molecule has 0 aliphatic carbocycles. The summed E-state index contributed by atoms with van der Waals surface area (Å²) in [6.07, 6.45) is -0.879. The van der Waals surface area contributed by atoms with Gasteiger partial charge < -0.3 is 9.47 Å². The van der Waals surface area contributed by atoms with Crippen LogP contribution in [0.25, 0.3) is 0 Å². The van der Waals surface area contributed by atoms with Crippen LogP contribution in [0.2, 0.25) is 10.0 Å². The molecule has 0 bridgehead atoms. The van der Waals surface area contributed by atoms with Crippen molar-refractivity contribution in [3.8, 4) is 0 Å². The molecule has 1 atom stereocenters. The summed E-state index contributed by atoms with van der Waals surface area (Å²) >= 11 is 11.6. The molecule has 6 heteroatoms. The molecule has 1 N–H and O–H groups in total. The highest BCUT2D eigenvalue weighted by Gasteiger charge is 2.09. The summed E-state index contributed by atoms with van der Waals surface area (Å²) in [7, 11) is 1.54. The number of carbonyl (C=O) groups excluding carboxylic acids is 1. The number of ether oxygens (including phenoxy) is 2. The lowest BCUT2D eigenvalue weighted by molar-refractivity contribution is 0.0564. The second-order valence-electron chi connectivity index (χ2n) is 3.43. The third kappa shape index (κ3) is 4.81. The lowest BCUT2D eigenvalue weighted by Crippen LogP contribution is -2.23. The van der Waals surface area contributed by atoms with Gasteiger partial charge in [0.1, 0.15) is 6.10 Å². The van der Waals surface area contributed by atoms with Gasteiger partial charge in [0.25, 0.3) is 0 Å². The van der Waals surface area contributed by atoms with E-state index in [1.165, 1.54) is 7.11 Å². The SMILES string of the molecule is COC[C@@H](C)OC(=O)Nc1ccc(Cl)c(Cl)c1. The van der Waals surface area contributed by atoms with Crippen LogP contribution in [0.1, 0.15) is 6.92 Å². The minimum Gasteiger partial charge on any atom is -0.444 e. The fourth-order valence-corrected chi connectivity index (χ4v) is 1.47. The van der Waals surface area contributed by atoms with Crippen molar-refractivity contribution in [2.45, 2.75) is 13.0 Å². The van der Waals surface area contributed by atoms with Gasteiger partial charge in [0.05, 0.1) is 16.7 Å². The predicted octanol–water partition coefficient (Wildman–Crippen LogP) is 3.58. The number of carbonyl (C=O) groups is 1. The first-order chi connectivity index (χ1) is 8.02. The molecule has 0 saturated heterocycles. The second kappa shape index (κ2) is 6.69. The average Bonchev–Trinajstić information content (AvgIpc) is 2.23. The maximum Gasteiger partial charge on any atom is 0.411 e. The molecular weight excluding hydrogens is 265 g/mol. The number of benzene rings is 1. The Labute approximate surface area is 110 Å². The van der Waals surface area contributed by atoms with E-state index in [2.05, 4.69) is 5.32 Å². The van der Waals surface area contributed by atoms with Gasteiger partial charge in [-0.15, -0.1) is 0 Å². The van der Waals surface area contributed by atoms with Crippen LogP contribution in [-0.4, -0.2) is 25.9 Å². The van der Waals surface area contributed by atoms with E-state index in [-0.39, 0.29) is 6.10 Å². The van der Waals surface area contributed by atoms with E-state index in [9.17, 15) is 4.79 Å². The highest BCUT2D eigenvalue weighted by atomic mass is 35.5. The highest BCUT2D eigenvalue weighted by molar-refractivity contribution is 6.42. The van der Waals surface area contributed by atoms with Gasteiger partial charge in [-0.1, -0.05) is 23.2 Å². The molecule has 1 rings (SSSR count). The fraction of sp³-hybridized carbons (Fsp3) is 0.364. The Hall–Kier alpha value is -0.970. The molecule has 17 heavy (non-hydrogen) atoms. The van der Waals surface area contributed by atoms with Crippen molar-refractivity contribution in [3.05, 3.63) is 28.2 Å². The van der Waals surface area contributed by atoms with Gasteiger partial charge in [-0.25, -0.2) is 4.79 Å². The van der Waals surface area contributed by atoms with Crippen LogP contribution in [-0.2, 0) is 9.47 Å². The third-order valence-electron chi connectivity index (χ3n) is 1.88. The number of halogens is 2. The molecule has 4 nitrogen and oxygen atoms in total. The maximum absolute atomic E-state index is 11.4. The molecule has 94 valence electrons. The van der Waals surface area contributed by atoms with E-state index in [0.29, 0.717) is 22.3 Å². The van der Waals surface area contributed by atoms with Crippen LogP contribution in [0.3, 0.4) is 0 Å². The van der Waals surface area contributed by atoms with Gasteiger partial charge in [-0.3, -0.25) is 5.32 Å². The summed E-state index contributed by atoms with van der Waals surface area (Å²) in [4.78, 5) is 11.4. The number of hydrogen-bond acceptors (Lipinski definition) is 3. The molecule has 0 aliphatic rings. The molecule has 0 saturated carbocycles. The van der Waals surface area contributed by atoms with Gasteiger partial charge in [0, 0.05) is 12.8 Å². The molecule has 1 aromatic carbocycles. The summed E-state index contributed by atoms with van der Waals surface area (Å²) < 4.78 is 9.86. The second-order valence-corrected chi connectivity index (χ2v) is 4.24. The summed E-state index contributed by atoms with van der Waals surface area (Å²) in [6.45, 7) is 2.08. The third-order valence-corrected chi connectivity index (χ3v) is 2.61. The van der Waals surface area contributed by atoms with Gasteiger partial charge >= 0.3 is 6.09 Å². The maximum atomic E-state index is 11.4. The number of rotatable bonds is 4. The van der Waals surface area contributed by atoms with Crippen molar-refractivity contribution in [2.75, 3.05) is 19.0 Å². The fourth-order valence-electron chi connectivity index (χ4n) is 1.17.